The Hall–Kier alpha value is -1.35. The first kappa shape index (κ1) is 15.7. The molecule has 1 aromatic carbocycles. The molecule has 0 aliphatic heterocycles. The molecule has 3 nitrogen and oxygen atoms in total. The maximum absolute atomic E-state index is 10.6. The van der Waals surface area contributed by atoms with E-state index in [-0.39, 0.29) is 11.8 Å². The molecule has 0 bridgehead atoms. The Labute approximate surface area is 116 Å². The zero-order valence-corrected chi connectivity index (χ0v) is 12.4. The summed E-state index contributed by atoms with van der Waals surface area (Å²) in [6.07, 6.45) is 0.0914. The van der Waals surface area contributed by atoms with Gasteiger partial charge in [-0.05, 0) is 22.5 Å². The molecule has 0 aliphatic carbocycles. The summed E-state index contributed by atoms with van der Waals surface area (Å²) < 4.78 is 0. The van der Waals surface area contributed by atoms with Crippen molar-refractivity contribution >= 4 is 5.97 Å². The van der Waals surface area contributed by atoms with E-state index in [4.69, 9.17) is 5.11 Å². The monoisotopic (exact) mass is 263 g/mol. The third-order valence-electron chi connectivity index (χ3n) is 3.85. The number of rotatable bonds is 7. The van der Waals surface area contributed by atoms with E-state index in [1.54, 1.807) is 0 Å². The number of aliphatic carboxylic acids is 1. The molecule has 0 amide bonds. The highest BCUT2D eigenvalue weighted by Gasteiger charge is 2.21. The number of carbonyl (C=O) groups is 1. The van der Waals surface area contributed by atoms with Gasteiger partial charge in [0.05, 0.1) is 6.42 Å². The van der Waals surface area contributed by atoms with E-state index in [9.17, 15) is 4.79 Å². The third-order valence-corrected chi connectivity index (χ3v) is 3.85. The van der Waals surface area contributed by atoms with Gasteiger partial charge in [0.15, 0.2) is 0 Å². The lowest BCUT2D eigenvalue weighted by Gasteiger charge is -2.29. The standard InChI is InChI=1S/C16H25NO2/c1-12(2)16(3,4)11-17-10-14-7-5-13(6-8-14)9-15(18)19/h5-8,12,17H,9-11H2,1-4H3,(H,18,19). The van der Waals surface area contributed by atoms with Crippen LogP contribution < -0.4 is 5.32 Å². The fourth-order valence-electron chi connectivity index (χ4n) is 1.68. The fraction of sp³-hybridized carbons (Fsp3) is 0.562. The summed E-state index contributed by atoms with van der Waals surface area (Å²) in [7, 11) is 0. The summed E-state index contributed by atoms with van der Waals surface area (Å²) in [5.74, 6) is -0.150. The van der Waals surface area contributed by atoms with Crippen LogP contribution in [0.1, 0.15) is 38.8 Å². The van der Waals surface area contributed by atoms with Crippen molar-refractivity contribution in [3.8, 4) is 0 Å². The summed E-state index contributed by atoms with van der Waals surface area (Å²) in [4.78, 5) is 10.6. The summed E-state index contributed by atoms with van der Waals surface area (Å²) in [5.41, 5.74) is 2.32. The first-order valence-electron chi connectivity index (χ1n) is 6.81. The van der Waals surface area contributed by atoms with E-state index in [1.807, 2.05) is 24.3 Å². The molecule has 0 aliphatic rings. The van der Waals surface area contributed by atoms with E-state index in [0.717, 1.165) is 18.7 Å². The third kappa shape index (κ3) is 5.43. The zero-order chi connectivity index (χ0) is 14.5. The molecule has 0 fully saturated rings. The average molecular weight is 263 g/mol. The van der Waals surface area contributed by atoms with Gasteiger partial charge in [0.2, 0.25) is 0 Å². The van der Waals surface area contributed by atoms with Crippen molar-refractivity contribution < 1.29 is 9.90 Å². The Bertz CT molecular complexity index is 407. The van der Waals surface area contributed by atoms with Gasteiger partial charge in [-0.2, -0.15) is 0 Å². The number of carboxylic acid groups (broad SMARTS) is 1. The SMILES string of the molecule is CC(C)C(C)(C)CNCc1ccc(CC(=O)O)cc1. The lowest BCUT2D eigenvalue weighted by molar-refractivity contribution is -0.136. The largest absolute Gasteiger partial charge is 0.481 e. The zero-order valence-electron chi connectivity index (χ0n) is 12.4. The average Bonchev–Trinajstić information content (AvgIpc) is 2.30. The van der Waals surface area contributed by atoms with E-state index >= 15 is 0 Å². The highest BCUT2D eigenvalue weighted by Crippen LogP contribution is 2.24. The van der Waals surface area contributed by atoms with Crippen LogP contribution in [0.15, 0.2) is 24.3 Å². The quantitative estimate of drug-likeness (QED) is 0.795. The van der Waals surface area contributed by atoms with Crippen LogP contribution in [0, 0.1) is 11.3 Å². The van der Waals surface area contributed by atoms with Crippen LogP contribution in [0.5, 0.6) is 0 Å². The normalized spacial score (nSPS) is 11.8. The molecule has 2 N–H and O–H groups in total. The first-order valence-corrected chi connectivity index (χ1v) is 6.81. The second-order valence-electron chi connectivity index (χ2n) is 6.13. The Morgan fingerprint density at radius 1 is 1.21 bits per heavy atom. The molecular formula is C16H25NO2. The van der Waals surface area contributed by atoms with Gasteiger partial charge in [0.25, 0.3) is 0 Å². The molecule has 0 aromatic heterocycles. The molecule has 0 radical (unpaired) electrons. The van der Waals surface area contributed by atoms with E-state index in [0.29, 0.717) is 5.92 Å². The fourth-order valence-corrected chi connectivity index (χ4v) is 1.68. The van der Waals surface area contributed by atoms with Crippen LogP contribution in [0.3, 0.4) is 0 Å². The van der Waals surface area contributed by atoms with Crippen molar-refractivity contribution in [2.75, 3.05) is 6.54 Å². The molecule has 19 heavy (non-hydrogen) atoms. The summed E-state index contributed by atoms with van der Waals surface area (Å²) in [6, 6.07) is 7.76. The Morgan fingerprint density at radius 2 is 1.74 bits per heavy atom. The molecule has 3 heteroatoms. The number of hydrogen-bond donors (Lipinski definition) is 2. The molecule has 106 valence electrons. The predicted molar refractivity (Wildman–Crippen MR) is 78.1 cm³/mol. The van der Waals surface area contributed by atoms with Crippen LogP contribution in [0.25, 0.3) is 0 Å². The topological polar surface area (TPSA) is 49.3 Å². The minimum atomic E-state index is -0.787. The molecule has 1 rings (SSSR count). The number of nitrogens with one attached hydrogen (secondary N) is 1. The van der Waals surface area contributed by atoms with Crippen LogP contribution in [0.2, 0.25) is 0 Å². The van der Waals surface area contributed by atoms with Gasteiger partial charge >= 0.3 is 5.97 Å². The molecule has 0 saturated carbocycles. The van der Waals surface area contributed by atoms with Crippen molar-refractivity contribution in [3.63, 3.8) is 0 Å². The van der Waals surface area contributed by atoms with Crippen molar-refractivity contribution in [1.29, 1.82) is 0 Å². The van der Waals surface area contributed by atoms with E-state index in [2.05, 4.69) is 33.0 Å². The predicted octanol–water partition coefficient (Wildman–Crippen LogP) is 3.09. The van der Waals surface area contributed by atoms with Crippen LogP contribution in [-0.4, -0.2) is 17.6 Å². The molecule has 0 saturated heterocycles. The highest BCUT2D eigenvalue weighted by atomic mass is 16.4. The maximum atomic E-state index is 10.6. The van der Waals surface area contributed by atoms with E-state index < -0.39 is 5.97 Å². The van der Waals surface area contributed by atoms with Gasteiger partial charge in [-0.3, -0.25) is 4.79 Å². The minimum Gasteiger partial charge on any atom is -0.481 e. The summed E-state index contributed by atoms with van der Waals surface area (Å²) >= 11 is 0. The Balaban J connectivity index is 2.44. The Kier molecular flexibility index (Phi) is 5.55. The van der Waals surface area contributed by atoms with Crippen LogP contribution in [0.4, 0.5) is 0 Å². The van der Waals surface area contributed by atoms with Gasteiger partial charge in [-0.15, -0.1) is 0 Å². The van der Waals surface area contributed by atoms with Crippen molar-refractivity contribution in [1.82, 2.24) is 5.32 Å². The molecule has 1 aromatic rings. The Morgan fingerprint density at radius 3 is 2.21 bits per heavy atom. The molecule has 0 unspecified atom stereocenters. The van der Waals surface area contributed by atoms with E-state index in [1.165, 1.54) is 5.56 Å². The van der Waals surface area contributed by atoms with Gasteiger partial charge in [0, 0.05) is 13.1 Å². The molecule has 0 heterocycles. The molecule has 0 spiro atoms. The van der Waals surface area contributed by atoms with Crippen LogP contribution >= 0.6 is 0 Å². The lowest BCUT2D eigenvalue weighted by atomic mass is 9.81. The first-order chi connectivity index (χ1) is 8.81. The second-order valence-corrected chi connectivity index (χ2v) is 6.13. The minimum absolute atomic E-state index is 0.0914. The maximum Gasteiger partial charge on any atom is 0.307 e. The van der Waals surface area contributed by atoms with Crippen molar-refractivity contribution in [3.05, 3.63) is 35.4 Å². The van der Waals surface area contributed by atoms with Gasteiger partial charge < -0.3 is 10.4 Å². The van der Waals surface area contributed by atoms with Gasteiger partial charge in [0.1, 0.15) is 0 Å². The molecular weight excluding hydrogens is 238 g/mol. The smallest absolute Gasteiger partial charge is 0.307 e. The molecule has 0 atom stereocenters. The van der Waals surface area contributed by atoms with Gasteiger partial charge in [-0.25, -0.2) is 0 Å². The summed E-state index contributed by atoms with van der Waals surface area (Å²) in [5, 5.41) is 12.2. The second kappa shape index (κ2) is 6.71. The van der Waals surface area contributed by atoms with Crippen molar-refractivity contribution in [2.24, 2.45) is 11.3 Å². The van der Waals surface area contributed by atoms with Crippen molar-refractivity contribution in [2.45, 2.75) is 40.7 Å². The number of benzene rings is 1. The van der Waals surface area contributed by atoms with Gasteiger partial charge in [-0.1, -0.05) is 52.0 Å². The number of hydrogen-bond acceptors (Lipinski definition) is 2. The highest BCUT2D eigenvalue weighted by molar-refractivity contribution is 5.70. The lowest BCUT2D eigenvalue weighted by Crippen LogP contribution is -2.33. The number of carboxylic acids is 1. The van der Waals surface area contributed by atoms with Crippen LogP contribution in [-0.2, 0) is 17.8 Å². The summed E-state index contributed by atoms with van der Waals surface area (Å²) in [6.45, 7) is 10.8.